The molecule has 2 aromatic carbocycles. The highest BCUT2D eigenvalue weighted by Crippen LogP contribution is 2.29. The van der Waals surface area contributed by atoms with Crippen molar-refractivity contribution in [2.45, 2.75) is 25.8 Å². The summed E-state index contributed by atoms with van der Waals surface area (Å²) in [7, 11) is 1.81. The summed E-state index contributed by atoms with van der Waals surface area (Å²) in [6, 6.07) is 11.8. The monoisotopic (exact) mass is 414 g/mol. The van der Waals surface area contributed by atoms with E-state index in [4.69, 9.17) is 16.7 Å². The second kappa shape index (κ2) is 8.68. The molecule has 7 heteroatoms. The van der Waals surface area contributed by atoms with Crippen molar-refractivity contribution < 1.29 is 19.8 Å². The van der Waals surface area contributed by atoms with E-state index in [1.54, 1.807) is 34.9 Å². The average molecular weight is 415 g/mol. The van der Waals surface area contributed by atoms with E-state index in [2.05, 4.69) is 5.32 Å². The largest absolute Gasteiger partial charge is 0.481 e. The second-order valence-electron chi connectivity index (χ2n) is 6.97. The van der Waals surface area contributed by atoms with Gasteiger partial charge in [0.15, 0.2) is 0 Å². The molecule has 3 rings (SSSR count). The van der Waals surface area contributed by atoms with Crippen molar-refractivity contribution in [2.75, 3.05) is 6.61 Å². The first-order valence-electron chi connectivity index (χ1n) is 9.34. The van der Waals surface area contributed by atoms with Gasteiger partial charge in [0.2, 0.25) is 0 Å². The number of carbonyl (C=O) groups is 2. The van der Waals surface area contributed by atoms with Gasteiger partial charge in [-0.1, -0.05) is 42.8 Å². The number of amides is 1. The third kappa shape index (κ3) is 4.44. The Labute approximate surface area is 173 Å². The Bertz CT molecular complexity index is 1060. The maximum atomic E-state index is 12.9. The Morgan fingerprint density at radius 3 is 2.41 bits per heavy atom. The number of fused-ring (bicyclic) bond motifs is 1. The number of aromatic nitrogens is 1. The molecule has 0 spiro atoms. The number of nitrogens with zero attached hydrogens (tertiary/aromatic N) is 1. The van der Waals surface area contributed by atoms with Crippen LogP contribution in [0, 0.1) is 0 Å². The number of hydrogen-bond acceptors (Lipinski definition) is 3. The topological polar surface area (TPSA) is 91.6 Å². The fourth-order valence-electron chi connectivity index (χ4n) is 3.37. The number of nitrogens with one attached hydrogen (secondary N) is 1. The molecule has 0 saturated heterocycles. The molecule has 6 nitrogen and oxygen atoms in total. The normalized spacial score (nSPS) is 12.1. The van der Waals surface area contributed by atoms with Gasteiger partial charge in [-0.3, -0.25) is 9.59 Å². The summed E-state index contributed by atoms with van der Waals surface area (Å²) in [5.74, 6) is -1.24. The van der Waals surface area contributed by atoms with Crippen molar-refractivity contribution in [3.63, 3.8) is 0 Å². The van der Waals surface area contributed by atoms with E-state index in [1.165, 1.54) is 0 Å². The number of hydrogen-bond donors (Lipinski definition) is 3. The maximum Gasteiger partial charge on any atom is 0.307 e. The van der Waals surface area contributed by atoms with Gasteiger partial charge in [0, 0.05) is 12.4 Å². The third-order valence-electron chi connectivity index (χ3n) is 5.04. The van der Waals surface area contributed by atoms with Crippen LogP contribution in [0.2, 0.25) is 5.02 Å². The van der Waals surface area contributed by atoms with Gasteiger partial charge < -0.3 is 20.1 Å². The van der Waals surface area contributed by atoms with Gasteiger partial charge in [0.05, 0.1) is 29.6 Å². The van der Waals surface area contributed by atoms with Crippen molar-refractivity contribution >= 4 is 34.4 Å². The minimum Gasteiger partial charge on any atom is -0.481 e. The van der Waals surface area contributed by atoms with E-state index in [9.17, 15) is 14.7 Å². The van der Waals surface area contributed by atoms with Crippen LogP contribution >= 0.6 is 11.6 Å². The molecule has 0 aliphatic rings. The molecule has 1 aromatic heterocycles. The second-order valence-corrected chi connectivity index (χ2v) is 7.38. The fourth-order valence-corrected chi connectivity index (χ4v) is 3.66. The minimum absolute atomic E-state index is 0.0765. The number of aliphatic hydroxyl groups is 1. The molecule has 0 aliphatic heterocycles. The lowest BCUT2D eigenvalue weighted by molar-refractivity contribution is -0.136. The first-order chi connectivity index (χ1) is 13.8. The fraction of sp³-hybridized carbons (Fsp3) is 0.273. The Balaban J connectivity index is 1.85. The van der Waals surface area contributed by atoms with Crippen molar-refractivity contribution in [3.05, 3.63) is 69.9 Å². The maximum absolute atomic E-state index is 12.9. The van der Waals surface area contributed by atoms with Gasteiger partial charge in [0.25, 0.3) is 5.91 Å². The number of carboxylic acid groups (broad SMARTS) is 1. The standard InChI is InChI=1S/C22H23ClN2O4/c1-3-13-8-17(23)16-11-20(25(2)19(16)9-13)22(29)24-18(12-26)15-6-4-14(5-7-15)10-21(27)28/h4-9,11,18,26H,3,10,12H2,1-2H3,(H,24,29)(H,27,28)/t18-/m1/s1. The van der Waals surface area contributed by atoms with Gasteiger partial charge in [-0.2, -0.15) is 0 Å². The van der Waals surface area contributed by atoms with Crippen LogP contribution in [-0.4, -0.2) is 33.3 Å². The number of carboxylic acids is 1. The molecule has 1 heterocycles. The lowest BCUT2D eigenvalue weighted by Gasteiger charge is -2.17. The minimum atomic E-state index is -0.912. The van der Waals surface area contributed by atoms with E-state index < -0.39 is 12.0 Å². The van der Waals surface area contributed by atoms with E-state index in [0.717, 1.165) is 22.9 Å². The highest BCUT2D eigenvalue weighted by molar-refractivity contribution is 6.35. The molecule has 1 atom stereocenters. The SMILES string of the molecule is CCc1cc(Cl)c2cc(C(=O)N[C@H](CO)c3ccc(CC(=O)O)cc3)n(C)c2c1. The average Bonchev–Trinajstić information content (AvgIpc) is 3.03. The summed E-state index contributed by atoms with van der Waals surface area (Å²) in [5.41, 5.74) is 3.75. The zero-order valence-electron chi connectivity index (χ0n) is 16.3. The number of aryl methyl sites for hydroxylation is 2. The molecular formula is C22H23ClN2O4. The van der Waals surface area contributed by atoms with Crippen LogP contribution in [-0.2, 0) is 24.7 Å². The van der Waals surface area contributed by atoms with Crippen molar-refractivity contribution in [3.8, 4) is 0 Å². The lowest BCUT2D eigenvalue weighted by Crippen LogP contribution is -2.32. The molecule has 3 N–H and O–H groups in total. The summed E-state index contributed by atoms with van der Waals surface area (Å²) in [6.07, 6.45) is 0.764. The first-order valence-corrected chi connectivity index (χ1v) is 9.72. The quantitative estimate of drug-likeness (QED) is 0.552. The van der Waals surface area contributed by atoms with Gasteiger partial charge in [-0.15, -0.1) is 0 Å². The van der Waals surface area contributed by atoms with Gasteiger partial charge in [-0.25, -0.2) is 0 Å². The first kappa shape index (κ1) is 20.9. The lowest BCUT2D eigenvalue weighted by atomic mass is 10.0. The van der Waals surface area contributed by atoms with Crippen LogP contribution in [0.15, 0.2) is 42.5 Å². The van der Waals surface area contributed by atoms with Crippen molar-refractivity contribution in [2.24, 2.45) is 7.05 Å². The van der Waals surface area contributed by atoms with Crippen LogP contribution in [0.25, 0.3) is 10.9 Å². The van der Waals surface area contributed by atoms with Gasteiger partial charge >= 0.3 is 5.97 Å². The summed E-state index contributed by atoms with van der Waals surface area (Å²) in [5, 5.41) is 22.9. The number of halogens is 1. The molecule has 0 unspecified atom stereocenters. The number of carbonyl (C=O) groups excluding carboxylic acids is 1. The van der Waals surface area contributed by atoms with E-state index in [0.29, 0.717) is 21.8 Å². The molecule has 0 saturated carbocycles. The number of aliphatic carboxylic acids is 1. The predicted molar refractivity (Wildman–Crippen MR) is 112 cm³/mol. The Kier molecular flexibility index (Phi) is 6.25. The number of aliphatic hydroxyl groups excluding tert-OH is 1. The van der Waals surface area contributed by atoms with E-state index in [1.807, 2.05) is 26.1 Å². The van der Waals surface area contributed by atoms with E-state index in [-0.39, 0.29) is 18.9 Å². The molecule has 0 aliphatic carbocycles. The molecule has 152 valence electrons. The van der Waals surface area contributed by atoms with Crippen LogP contribution in [0.4, 0.5) is 0 Å². The predicted octanol–water partition coefficient (Wildman–Crippen LogP) is 3.48. The zero-order valence-corrected chi connectivity index (χ0v) is 17.0. The summed E-state index contributed by atoms with van der Waals surface area (Å²) in [4.78, 5) is 23.7. The van der Waals surface area contributed by atoms with Crippen LogP contribution < -0.4 is 5.32 Å². The van der Waals surface area contributed by atoms with Crippen LogP contribution in [0.3, 0.4) is 0 Å². The summed E-state index contributed by atoms with van der Waals surface area (Å²) in [6.45, 7) is 1.76. The Morgan fingerprint density at radius 2 is 1.83 bits per heavy atom. The molecule has 0 fully saturated rings. The molecular weight excluding hydrogens is 392 g/mol. The van der Waals surface area contributed by atoms with Crippen LogP contribution in [0.1, 0.15) is 40.1 Å². The van der Waals surface area contributed by atoms with Crippen LogP contribution in [0.5, 0.6) is 0 Å². The molecule has 0 bridgehead atoms. The molecule has 3 aromatic rings. The van der Waals surface area contributed by atoms with E-state index >= 15 is 0 Å². The Hall–Kier alpha value is -2.83. The summed E-state index contributed by atoms with van der Waals surface area (Å²) < 4.78 is 1.79. The molecule has 0 radical (unpaired) electrons. The number of rotatable bonds is 7. The third-order valence-corrected chi connectivity index (χ3v) is 5.35. The van der Waals surface area contributed by atoms with Crippen molar-refractivity contribution in [1.82, 2.24) is 9.88 Å². The highest BCUT2D eigenvalue weighted by atomic mass is 35.5. The Morgan fingerprint density at radius 1 is 1.14 bits per heavy atom. The summed E-state index contributed by atoms with van der Waals surface area (Å²) >= 11 is 6.38. The molecule has 1 amide bonds. The molecule has 29 heavy (non-hydrogen) atoms. The smallest absolute Gasteiger partial charge is 0.307 e. The van der Waals surface area contributed by atoms with Gasteiger partial charge in [-0.05, 0) is 41.3 Å². The van der Waals surface area contributed by atoms with Gasteiger partial charge in [0.1, 0.15) is 5.69 Å². The van der Waals surface area contributed by atoms with Crippen molar-refractivity contribution in [1.29, 1.82) is 0 Å². The highest BCUT2D eigenvalue weighted by Gasteiger charge is 2.20. The number of benzene rings is 2. The zero-order chi connectivity index (χ0) is 21.1.